The van der Waals surface area contributed by atoms with Crippen molar-refractivity contribution in [2.24, 2.45) is 0 Å². The van der Waals surface area contributed by atoms with E-state index in [1.165, 1.54) is 5.56 Å². The summed E-state index contributed by atoms with van der Waals surface area (Å²) in [6.45, 7) is 13.0. The molecule has 0 bridgehead atoms. The molecule has 0 radical (unpaired) electrons. The molecule has 0 spiro atoms. The monoisotopic (exact) mass is 799 g/mol. The third kappa shape index (κ3) is 10.8. The van der Waals surface area contributed by atoms with Gasteiger partial charge in [-0.1, -0.05) is 60.7 Å². The first-order chi connectivity index (χ1) is 27.6. The minimum atomic E-state index is -0.555. The molecule has 17 nitrogen and oxygen atoms in total. The third-order valence-corrected chi connectivity index (χ3v) is 9.99. The Morgan fingerprint density at radius 2 is 1.02 bits per heavy atom. The zero-order chi connectivity index (χ0) is 39.8. The van der Waals surface area contributed by atoms with Crippen molar-refractivity contribution in [1.29, 1.82) is 0 Å². The molecule has 4 aromatic rings. The molecule has 0 aliphatic carbocycles. The second-order valence-electron chi connectivity index (χ2n) is 15.1. The van der Waals surface area contributed by atoms with E-state index in [0.29, 0.717) is 115 Å². The maximum absolute atomic E-state index is 12.9. The van der Waals surface area contributed by atoms with E-state index in [2.05, 4.69) is 42.1 Å². The maximum Gasteiger partial charge on any atom is 0.410 e. The van der Waals surface area contributed by atoms with Crippen molar-refractivity contribution in [3.05, 3.63) is 77.1 Å². The van der Waals surface area contributed by atoms with Gasteiger partial charge in [-0.15, -0.1) is 0 Å². The van der Waals surface area contributed by atoms with Crippen molar-refractivity contribution in [2.45, 2.75) is 39.4 Å². The fraction of sp³-hybridized carbons (Fsp3) is 0.487. The number of anilines is 5. The highest BCUT2D eigenvalue weighted by Gasteiger charge is 2.30. The Morgan fingerprint density at radius 1 is 0.596 bits per heavy atom. The number of amides is 2. The summed E-state index contributed by atoms with van der Waals surface area (Å²) < 4.78 is 11.1. The lowest BCUT2D eigenvalue weighted by Gasteiger charge is -2.37. The van der Waals surface area contributed by atoms with Gasteiger partial charge in [-0.25, -0.2) is 9.59 Å². The number of carbonyl (C=O) groups excluding carboxylic acids is 2. The average molecular weight is 800 g/mol. The number of hydrogen-bond donors (Lipinski definition) is 1. The second kappa shape index (κ2) is 18.0. The molecule has 0 unspecified atom stereocenters. The van der Waals surface area contributed by atoms with Crippen LogP contribution in [-0.4, -0.2) is 143 Å². The van der Waals surface area contributed by atoms with Crippen LogP contribution >= 0.6 is 11.6 Å². The van der Waals surface area contributed by atoms with Crippen LogP contribution in [0.1, 0.15) is 31.9 Å². The number of hydrogen-bond acceptors (Lipinski definition) is 15. The molecule has 3 aliphatic rings. The quantitative estimate of drug-likeness (QED) is 0.243. The first-order valence-corrected chi connectivity index (χ1v) is 19.8. The molecule has 3 aliphatic heterocycles. The minimum Gasteiger partial charge on any atom is -0.445 e. The van der Waals surface area contributed by atoms with Crippen LogP contribution in [0.2, 0.25) is 5.28 Å². The van der Waals surface area contributed by atoms with Gasteiger partial charge in [-0.2, -0.15) is 29.9 Å². The van der Waals surface area contributed by atoms with Gasteiger partial charge in [0.25, 0.3) is 0 Å². The van der Waals surface area contributed by atoms with Gasteiger partial charge in [0.1, 0.15) is 12.2 Å². The van der Waals surface area contributed by atoms with Gasteiger partial charge in [0.2, 0.25) is 35.0 Å². The Labute approximate surface area is 338 Å². The third-order valence-electron chi connectivity index (χ3n) is 9.82. The molecule has 0 atom stereocenters. The van der Waals surface area contributed by atoms with Crippen LogP contribution in [0.5, 0.6) is 0 Å². The first-order valence-electron chi connectivity index (χ1n) is 19.4. The van der Waals surface area contributed by atoms with Crippen molar-refractivity contribution >= 4 is 53.5 Å². The lowest BCUT2D eigenvalue weighted by molar-refractivity contribution is 0.0240. The molecule has 57 heavy (non-hydrogen) atoms. The SMILES string of the molecule is CC(C)(C)OC(=O)N1CCN(c2nc(Cl)nc(N3CCN(c4nc(NCCc5ccccc5)nc(N5CCN(C(=O)OCc6ccccc6)CC5)n4)CC3)n2)CC1. The molecule has 0 saturated carbocycles. The molecule has 2 aromatic carbocycles. The smallest absolute Gasteiger partial charge is 0.410 e. The Bertz CT molecular complexity index is 1950. The summed E-state index contributed by atoms with van der Waals surface area (Å²) in [7, 11) is 0. The van der Waals surface area contributed by atoms with Crippen LogP contribution in [0.25, 0.3) is 0 Å². The number of aromatic nitrogens is 6. The van der Waals surface area contributed by atoms with Gasteiger partial charge in [0, 0.05) is 85.1 Å². The van der Waals surface area contributed by atoms with Crippen LogP contribution in [0.3, 0.4) is 0 Å². The van der Waals surface area contributed by atoms with Crippen molar-refractivity contribution in [3.63, 3.8) is 0 Å². The molecule has 302 valence electrons. The molecule has 2 amide bonds. The van der Waals surface area contributed by atoms with E-state index in [1.807, 2.05) is 74.2 Å². The Kier molecular flexibility index (Phi) is 12.5. The van der Waals surface area contributed by atoms with E-state index in [9.17, 15) is 9.59 Å². The van der Waals surface area contributed by atoms with E-state index >= 15 is 0 Å². The molecule has 18 heteroatoms. The van der Waals surface area contributed by atoms with Crippen molar-refractivity contribution < 1.29 is 19.1 Å². The predicted molar refractivity (Wildman–Crippen MR) is 218 cm³/mol. The summed E-state index contributed by atoms with van der Waals surface area (Å²) in [6.07, 6.45) is 0.160. The Morgan fingerprint density at radius 3 is 1.49 bits per heavy atom. The molecule has 2 aromatic heterocycles. The molecule has 3 saturated heterocycles. The number of rotatable bonds is 10. The summed E-state index contributed by atoms with van der Waals surface area (Å²) in [5, 5.41) is 3.54. The van der Waals surface area contributed by atoms with Crippen molar-refractivity contribution in [2.75, 3.05) is 110 Å². The number of halogens is 1. The first kappa shape index (κ1) is 39.5. The highest BCUT2D eigenvalue weighted by Crippen LogP contribution is 2.24. The maximum atomic E-state index is 12.9. The number of benzene rings is 2. The molecular weight excluding hydrogens is 750 g/mol. The lowest BCUT2D eigenvalue weighted by atomic mass is 10.1. The fourth-order valence-corrected chi connectivity index (χ4v) is 6.86. The average Bonchev–Trinajstić information content (AvgIpc) is 3.23. The van der Waals surface area contributed by atoms with E-state index in [-0.39, 0.29) is 24.1 Å². The largest absolute Gasteiger partial charge is 0.445 e. The van der Waals surface area contributed by atoms with Crippen molar-refractivity contribution in [1.82, 2.24) is 39.7 Å². The van der Waals surface area contributed by atoms with Crippen LogP contribution in [-0.2, 0) is 22.5 Å². The second-order valence-corrected chi connectivity index (χ2v) is 15.4. The number of piperazine rings is 3. The molecular formula is C39H50ClN13O4. The van der Waals surface area contributed by atoms with Gasteiger partial charge < -0.3 is 44.2 Å². The lowest BCUT2D eigenvalue weighted by Crippen LogP contribution is -2.51. The summed E-state index contributed by atoms with van der Waals surface area (Å²) in [5.74, 6) is 2.61. The molecule has 7 rings (SSSR count). The van der Waals surface area contributed by atoms with Gasteiger partial charge >= 0.3 is 12.2 Å². The predicted octanol–water partition coefficient (Wildman–Crippen LogP) is 4.21. The fourth-order valence-electron chi connectivity index (χ4n) is 6.71. The van der Waals surface area contributed by atoms with Gasteiger partial charge in [-0.05, 0) is 49.9 Å². The topological polar surface area (TPSA) is 161 Å². The highest BCUT2D eigenvalue weighted by molar-refractivity contribution is 6.28. The van der Waals surface area contributed by atoms with Crippen LogP contribution in [0.15, 0.2) is 60.7 Å². The summed E-state index contributed by atoms with van der Waals surface area (Å²) in [5.41, 5.74) is 1.61. The highest BCUT2D eigenvalue weighted by atomic mass is 35.5. The van der Waals surface area contributed by atoms with Gasteiger partial charge in [0.05, 0.1) is 0 Å². The van der Waals surface area contributed by atoms with Gasteiger partial charge in [-0.3, -0.25) is 0 Å². The summed E-state index contributed by atoms with van der Waals surface area (Å²) in [4.78, 5) is 65.5. The zero-order valence-electron chi connectivity index (χ0n) is 32.8. The Balaban J connectivity index is 0.986. The zero-order valence-corrected chi connectivity index (χ0v) is 33.5. The van der Waals surface area contributed by atoms with Crippen LogP contribution < -0.4 is 24.9 Å². The normalized spacial score (nSPS) is 16.4. The summed E-state index contributed by atoms with van der Waals surface area (Å²) >= 11 is 6.44. The standard InChI is InChI=1S/C39H50ClN13O4/c1-39(2,3)57-38(55)53-26-22-49(23-27-53)34-43-31(40)42-33(46-34)48-16-18-50(19-17-48)35-44-32(41-15-14-29-10-6-4-7-11-29)45-36(47-35)51-20-24-52(25-21-51)37(54)56-28-30-12-8-5-9-13-30/h4-13H,14-28H2,1-3H3,(H,41,44,45,47). The minimum absolute atomic E-state index is 0.116. The molecule has 5 heterocycles. The van der Waals surface area contributed by atoms with E-state index in [4.69, 9.17) is 41.0 Å². The van der Waals surface area contributed by atoms with Crippen LogP contribution in [0.4, 0.5) is 39.3 Å². The van der Waals surface area contributed by atoms with E-state index in [1.54, 1.807) is 9.80 Å². The van der Waals surface area contributed by atoms with Crippen LogP contribution in [0, 0.1) is 0 Å². The number of ether oxygens (including phenoxy) is 2. The summed E-state index contributed by atoms with van der Waals surface area (Å²) in [6, 6.07) is 20.0. The van der Waals surface area contributed by atoms with Crippen molar-refractivity contribution in [3.8, 4) is 0 Å². The molecule has 1 N–H and O–H groups in total. The number of carbonyl (C=O) groups is 2. The molecule has 3 fully saturated rings. The van der Waals surface area contributed by atoms with E-state index < -0.39 is 5.60 Å². The van der Waals surface area contributed by atoms with Gasteiger partial charge in [0.15, 0.2) is 0 Å². The number of nitrogens with zero attached hydrogens (tertiary/aromatic N) is 12. The van der Waals surface area contributed by atoms with E-state index in [0.717, 1.165) is 12.0 Å². The Hall–Kier alpha value is -5.71. The number of nitrogens with one attached hydrogen (secondary N) is 1.